The summed E-state index contributed by atoms with van der Waals surface area (Å²) in [5, 5.41) is 10.1. The van der Waals surface area contributed by atoms with Crippen LogP contribution in [0.3, 0.4) is 0 Å². The third-order valence-corrected chi connectivity index (χ3v) is 2.59. The summed E-state index contributed by atoms with van der Waals surface area (Å²) in [7, 11) is 1.83. The number of aromatic nitrogens is 2. The number of anilines is 1. The molecule has 1 amide bonds. The van der Waals surface area contributed by atoms with E-state index in [9.17, 15) is 4.79 Å². The van der Waals surface area contributed by atoms with E-state index in [1.807, 2.05) is 13.2 Å². The van der Waals surface area contributed by atoms with Crippen molar-refractivity contribution in [2.24, 2.45) is 7.05 Å². The molecular formula is C10H17ClN4O. The fraction of sp³-hybridized carbons (Fsp3) is 0.600. The van der Waals surface area contributed by atoms with E-state index in [1.54, 1.807) is 10.7 Å². The minimum Gasteiger partial charge on any atom is -0.308 e. The topological polar surface area (TPSA) is 59.0 Å². The lowest BCUT2D eigenvalue weighted by molar-refractivity contribution is -0.118. The number of carbonyl (C=O) groups is 1. The van der Waals surface area contributed by atoms with Crippen molar-refractivity contribution in [2.45, 2.75) is 25.3 Å². The molecular weight excluding hydrogens is 228 g/mol. The van der Waals surface area contributed by atoms with E-state index in [2.05, 4.69) is 15.7 Å². The quantitative estimate of drug-likeness (QED) is 0.814. The summed E-state index contributed by atoms with van der Waals surface area (Å²) in [5.41, 5.74) is 0. The lowest BCUT2D eigenvalue weighted by atomic mass is 10.0. The van der Waals surface area contributed by atoms with Gasteiger partial charge in [0.2, 0.25) is 5.91 Å². The Kier molecular flexibility index (Phi) is 4.76. The number of hydrogen-bond acceptors (Lipinski definition) is 3. The van der Waals surface area contributed by atoms with Crippen LogP contribution in [0.2, 0.25) is 0 Å². The normalized spacial score (nSPS) is 19.9. The fourth-order valence-corrected chi connectivity index (χ4v) is 1.77. The van der Waals surface area contributed by atoms with Gasteiger partial charge in [0, 0.05) is 19.3 Å². The predicted molar refractivity (Wildman–Crippen MR) is 64.7 cm³/mol. The van der Waals surface area contributed by atoms with Gasteiger partial charge in [-0.05, 0) is 19.4 Å². The van der Waals surface area contributed by atoms with E-state index in [0.717, 1.165) is 25.8 Å². The van der Waals surface area contributed by atoms with Crippen LogP contribution < -0.4 is 10.6 Å². The first-order valence-electron chi connectivity index (χ1n) is 5.29. The maximum atomic E-state index is 11.8. The molecule has 0 aliphatic carbocycles. The second-order valence-electron chi connectivity index (χ2n) is 3.87. The summed E-state index contributed by atoms with van der Waals surface area (Å²) < 4.78 is 1.67. The highest BCUT2D eigenvalue weighted by atomic mass is 35.5. The van der Waals surface area contributed by atoms with Crippen molar-refractivity contribution in [1.29, 1.82) is 0 Å². The fourth-order valence-electron chi connectivity index (χ4n) is 1.77. The Hall–Kier alpha value is -1.07. The first-order valence-corrected chi connectivity index (χ1v) is 5.29. The molecule has 2 heterocycles. The Labute approximate surface area is 101 Å². The maximum Gasteiger partial charge on any atom is 0.242 e. The standard InChI is InChI=1S/C10H16N4O.ClH/c1-14-7-5-9(13-14)12-10(15)8-4-2-3-6-11-8;/h5,7-8,11H,2-4,6H2,1H3,(H,12,13,15);1H/t8-;/m1./s1. The van der Waals surface area contributed by atoms with Gasteiger partial charge in [0.25, 0.3) is 0 Å². The molecule has 0 radical (unpaired) electrons. The smallest absolute Gasteiger partial charge is 0.242 e. The Morgan fingerprint density at radius 2 is 2.44 bits per heavy atom. The van der Waals surface area contributed by atoms with Crippen LogP contribution in [-0.4, -0.2) is 28.3 Å². The van der Waals surface area contributed by atoms with Crippen molar-refractivity contribution in [3.05, 3.63) is 12.3 Å². The summed E-state index contributed by atoms with van der Waals surface area (Å²) in [6.07, 6.45) is 5.00. The Bertz CT molecular complexity index is 346. The molecule has 1 fully saturated rings. The van der Waals surface area contributed by atoms with Crippen molar-refractivity contribution >= 4 is 24.1 Å². The molecule has 1 atom stereocenters. The molecule has 5 nitrogen and oxygen atoms in total. The summed E-state index contributed by atoms with van der Waals surface area (Å²) >= 11 is 0. The van der Waals surface area contributed by atoms with Gasteiger partial charge in [0.15, 0.2) is 5.82 Å². The third kappa shape index (κ3) is 3.21. The number of nitrogens with zero attached hydrogens (tertiary/aromatic N) is 2. The van der Waals surface area contributed by atoms with Gasteiger partial charge in [0.05, 0.1) is 6.04 Å². The minimum atomic E-state index is -0.0549. The highest BCUT2D eigenvalue weighted by Gasteiger charge is 2.20. The van der Waals surface area contributed by atoms with E-state index in [-0.39, 0.29) is 24.4 Å². The molecule has 0 saturated carbocycles. The lowest BCUT2D eigenvalue weighted by Crippen LogP contribution is -2.43. The molecule has 6 heteroatoms. The average Bonchev–Trinajstić information content (AvgIpc) is 2.65. The third-order valence-electron chi connectivity index (χ3n) is 2.59. The van der Waals surface area contributed by atoms with Crippen LogP contribution in [0, 0.1) is 0 Å². The number of hydrogen-bond donors (Lipinski definition) is 2. The monoisotopic (exact) mass is 244 g/mol. The molecule has 1 saturated heterocycles. The first-order chi connectivity index (χ1) is 7.25. The molecule has 1 aromatic heterocycles. The Morgan fingerprint density at radius 1 is 1.62 bits per heavy atom. The van der Waals surface area contributed by atoms with Gasteiger partial charge in [-0.25, -0.2) is 0 Å². The molecule has 0 aromatic carbocycles. The summed E-state index contributed by atoms with van der Waals surface area (Å²) in [6, 6.07) is 1.74. The van der Waals surface area contributed by atoms with Gasteiger partial charge in [-0.2, -0.15) is 5.10 Å². The van der Waals surface area contributed by atoms with E-state index >= 15 is 0 Å². The molecule has 1 aliphatic heterocycles. The van der Waals surface area contributed by atoms with Gasteiger partial charge >= 0.3 is 0 Å². The zero-order valence-corrected chi connectivity index (χ0v) is 10.1. The van der Waals surface area contributed by atoms with Gasteiger partial charge in [-0.1, -0.05) is 6.42 Å². The van der Waals surface area contributed by atoms with Crippen molar-refractivity contribution in [3.8, 4) is 0 Å². The molecule has 0 bridgehead atoms. The highest BCUT2D eigenvalue weighted by molar-refractivity contribution is 5.94. The molecule has 2 rings (SSSR count). The summed E-state index contributed by atoms with van der Waals surface area (Å²) in [4.78, 5) is 11.8. The highest BCUT2D eigenvalue weighted by Crippen LogP contribution is 2.09. The first kappa shape index (κ1) is 13.0. The van der Waals surface area contributed by atoms with E-state index in [4.69, 9.17) is 0 Å². The van der Waals surface area contributed by atoms with Crippen LogP contribution >= 0.6 is 12.4 Å². The number of piperidine rings is 1. The molecule has 0 spiro atoms. The molecule has 2 N–H and O–H groups in total. The summed E-state index contributed by atoms with van der Waals surface area (Å²) in [5.74, 6) is 0.642. The molecule has 0 unspecified atom stereocenters. The predicted octanol–water partition coefficient (Wildman–Crippen LogP) is 0.922. The Balaban J connectivity index is 0.00000128. The number of aryl methyl sites for hydroxylation is 1. The zero-order chi connectivity index (χ0) is 10.7. The Morgan fingerprint density at radius 3 is 3.00 bits per heavy atom. The van der Waals surface area contributed by atoms with Crippen molar-refractivity contribution < 1.29 is 4.79 Å². The van der Waals surface area contributed by atoms with Gasteiger partial charge in [-0.3, -0.25) is 9.48 Å². The molecule has 1 aromatic rings. The van der Waals surface area contributed by atoms with Gasteiger partial charge < -0.3 is 10.6 Å². The maximum absolute atomic E-state index is 11.8. The van der Waals surface area contributed by atoms with Crippen molar-refractivity contribution in [2.75, 3.05) is 11.9 Å². The van der Waals surface area contributed by atoms with E-state index in [1.165, 1.54) is 0 Å². The molecule has 16 heavy (non-hydrogen) atoms. The van der Waals surface area contributed by atoms with Crippen LogP contribution in [0.4, 0.5) is 5.82 Å². The van der Waals surface area contributed by atoms with Crippen LogP contribution in [0.5, 0.6) is 0 Å². The number of nitrogens with one attached hydrogen (secondary N) is 2. The minimum absolute atomic E-state index is 0. The number of halogens is 1. The number of amides is 1. The largest absolute Gasteiger partial charge is 0.308 e. The second kappa shape index (κ2) is 5.86. The molecule has 90 valence electrons. The van der Waals surface area contributed by atoms with Crippen molar-refractivity contribution in [1.82, 2.24) is 15.1 Å². The second-order valence-corrected chi connectivity index (χ2v) is 3.87. The number of carbonyl (C=O) groups excluding carboxylic acids is 1. The van der Waals surface area contributed by atoms with Crippen molar-refractivity contribution in [3.63, 3.8) is 0 Å². The van der Waals surface area contributed by atoms with Crippen LogP contribution in [0.25, 0.3) is 0 Å². The number of rotatable bonds is 2. The summed E-state index contributed by atoms with van der Waals surface area (Å²) in [6.45, 7) is 0.931. The van der Waals surface area contributed by atoms with E-state index in [0.29, 0.717) is 5.82 Å². The zero-order valence-electron chi connectivity index (χ0n) is 9.27. The van der Waals surface area contributed by atoms with Crippen LogP contribution in [0.1, 0.15) is 19.3 Å². The van der Waals surface area contributed by atoms with E-state index < -0.39 is 0 Å². The SMILES string of the molecule is Cl.Cn1ccc(NC(=O)[C@H]2CCCCN2)n1. The average molecular weight is 245 g/mol. The van der Waals surface area contributed by atoms with Crippen LogP contribution in [-0.2, 0) is 11.8 Å². The van der Waals surface area contributed by atoms with Gasteiger partial charge in [-0.15, -0.1) is 12.4 Å². The van der Waals surface area contributed by atoms with Gasteiger partial charge in [0.1, 0.15) is 0 Å². The molecule has 1 aliphatic rings. The van der Waals surface area contributed by atoms with Crippen LogP contribution in [0.15, 0.2) is 12.3 Å². The lowest BCUT2D eigenvalue weighted by Gasteiger charge is -2.21.